The lowest BCUT2D eigenvalue weighted by atomic mass is 9.76. The van der Waals surface area contributed by atoms with Crippen LogP contribution in [0.25, 0.3) is 0 Å². The first-order chi connectivity index (χ1) is 11.9. The highest BCUT2D eigenvalue weighted by molar-refractivity contribution is 5.94. The number of carbonyl (C=O) groups excluding carboxylic acids is 1. The maximum Gasteiger partial charge on any atom is 0.255 e. The number of carbonyl (C=O) groups is 1. The number of ether oxygens (including phenoxy) is 1. The molecule has 5 heteroatoms. The summed E-state index contributed by atoms with van der Waals surface area (Å²) in [5.74, 6) is 0.123. The zero-order valence-electron chi connectivity index (χ0n) is 16.0. The third-order valence-electron chi connectivity index (χ3n) is 5.91. The van der Waals surface area contributed by atoms with E-state index in [9.17, 15) is 4.79 Å². The maximum atomic E-state index is 12.8. The molecule has 1 spiro atoms. The van der Waals surface area contributed by atoms with Crippen LogP contribution >= 0.6 is 0 Å². The molecule has 3 rings (SSSR count). The SMILES string of the molecule is COC[C@@H]1CC2(CCN(C(=O)c3cncc(C)c3)CC2)CN1C(C)C. The van der Waals surface area contributed by atoms with Crippen LogP contribution in [0.3, 0.4) is 0 Å². The summed E-state index contributed by atoms with van der Waals surface area (Å²) >= 11 is 0. The number of hydrogen-bond donors (Lipinski definition) is 0. The highest BCUT2D eigenvalue weighted by atomic mass is 16.5. The van der Waals surface area contributed by atoms with Gasteiger partial charge in [-0.3, -0.25) is 14.7 Å². The Hall–Kier alpha value is -1.46. The summed E-state index contributed by atoms with van der Waals surface area (Å²) in [5.41, 5.74) is 2.09. The molecule has 1 amide bonds. The van der Waals surface area contributed by atoms with E-state index in [1.807, 2.05) is 17.9 Å². The van der Waals surface area contributed by atoms with Crippen LogP contribution < -0.4 is 0 Å². The van der Waals surface area contributed by atoms with Crippen LogP contribution in [0.4, 0.5) is 0 Å². The van der Waals surface area contributed by atoms with Gasteiger partial charge in [0.05, 0.1) is 12.2 Å². The molecule has 2 fully saturated rings. The number of aromatic nitrogens is 1. The van der Waals surface area contributed by atoms with Crippen molar-refractivity contribution in [3.63, 3.8) is 0 Å². The summed E-state index contributed by atoms with van der Waals surface area (Å²) in [6.45, 7) is 10.1. The zero-order chi connectivity index (χ0) is 18.0. The second-order valence-corrected chi connectivity index (χ2v) is 8.12. The molecule has 25 heavy (non-hydrogen) atoms. The van der Waals surface area contributed by atoms with Crippen molar-refractivity contribution < 1.29 is 9.53 Å². The van der Waals surface area contributed by atoms with Crippen molar-refractivity contribution in [1.82, 2.24) is 14.8 Å². The molecule has 0 bridgehead atoms. The number of rotatable bonds is 4. The molecule has 0 aliphatic carbocycles. The molecule has 3 heterocycles. The average molecular weight is 345 g/mol. The van der Waals surface area contributed by atoms with E-state index in [0.29, 0.717) is 23.1 Å². The molecule has 1 atom stereocenters. The van der Waals surface area contributed by atoms with E-state index in [0.717, 1.165) is 44.6 Å². The Morgan fingerprint density at radius 1 is 1.36 bits per heavy atom. The molecule has 5 nitrogen and oxygen atoms in total. The molecule has 0 aromatic carbocycles. The van der Waals surface area contributed by atoms with E-state index >= 15 is 0 Å². The van der Waals surface area contributed by atoms with Crippen molar-refractivity contribution in [2.24, 2.45) is 5.41 Å². The summed E-state index contributed by atoms with van der Waals surface area (Å²) in [6, 6.07) is 2.98. The van der Waals surface area contributed by atoms with Crippen molar-refractivity contribution in [2.45, 2.75) is 52.1 Å². The molecular weight excluding hydrogens is 314 g/mol. The smallest absolute Gasteiger partial charge is 0.255 e. The van der Waals surface area contributed by atoms with Gasteiger partial charge >= 0.3 is 0 Å². The van der Waals surface area contributed by atoms with Gasteiger partial charge in [0, 0.05) is 51.2 Å². The predicted molar refractivity (Wildman–Crippen MR) is 98.7 cm³/mol. The number of methoxy groups -OCH3 is 1. The van der Waals surface area contributed by atoms with Crippen LogP contribution in [0.2, 0.25) is 0 Å². The Morgan fingerprint density at radius 3 is 2.68 bits per heavy atom. The standard InChI is InChI=1S/C20H31N3O2/c1-15(2)23-14-20(10-18(23)13-25-4)5-7-22(8-6-20)19(24)17-9-16(3)11-21-12-17/h9,11-12,15,18H,5-8,10,13-14H2,1-4H3/t18-/m0/s1. The van der Waals surface area contributed by atoms with Crippen molar-refractivity contribution in [2.75, 3.05) is 33.4 Å². The van der Waals surface area contributed by atoms with E-state index in [1.54, 1.807) is 19.5 Å². The normalized spacial score (nSPS) is 23.6. The van der Waals surface area contributed by atoms with Gasteiger partial charge in [-0.2, -0.15) is 0 Å². The molecule has 2 aliphatic heterocycles. The lowest BCUT2D eigenvalue weighted by Crippen LogP contribution is -2.44. The summed E-state index contributed by atoms with van der Waals surface area (Å²) < 4.78 is 5.46. The summed E-state index contributed by atoms with van der Waals surface area (Å²) in [7, 11) is 1.79. The minimum atomic E-state index is 0.123. The molecular formula is C20H31N3O2. The van der Waals surface area contributed by atoms with Gasteiger partial charge in [-0.15, -0.1) is 0 Å². The fraction of sp³-hybridized carbons (Fsp3) is 0.700. The van der Waals surface area contributed by atoms with Crippen LogP contribution in [0.15, 0.2) is 18.5 Å². The lowest BCUT2D eigenvalue weighted by Gasteiger charge is -2.39. The Kier molecular flexibility index (Phi) is 5.44. The molecule has 0 unspecified atom stereocenters. The highest BCUT2D eigenvalue weighted by Crippen LogP contribution is 2.44. The van der Waals surface area contributed by atoms with Gasteiger partial charge in [-0.1, -0.05) is 0 Å². The number of amides is 1. The van der Waals surface area contributed by atoms with E-state index in [2.05, 4.69) is 23.7 Å². The van der Waals surface area contributed by atoms with E-state index in [4.69, 9.17) is 4.74 Å². The first kappa shape index (κ1) is 18.3. The predicted octanol–water partition coefficient (Wildman–Crippen LogP) is 2.74. The molecule has 1 aromatic heterocycles. The Balaban J connectivity index is 1.64. The minimum absolute atomic E-state index is 0.123. The Morgan fingerprint density at radius 2 is 2.08 bits per heavy atom. The number of hydrogen-bond acceptors (Lipinski definition) is 4. The highest BCUT2D eigenvalue weighted by Gasteiger charge is 2.46. The number of aryl methyl sites for hydroxylation is 1. The molecule has 2 aliphatic rings. The fourth-order valence-electron chi connectivity index (χ4n) is 4.55. The van der Waals surface area contributed by atoms with Crippen LogP contribution in [0, 0.1) is 12.3 Å². The van der Waals surface area contributed by atoms with Crippen LogP contribution in [-0.4, -0.2) is 66.1 Å². The summed E-state index contributed by atoms with van der Waals surface area (Å²) in [6.07, 6.45) is 6.83. The maximum absolute atomic E-state index is 12.8. The first-order valence-corrected chi connectivity index (χ1v) is 9.40. The van der Waals surface area contributed by atoms with Gasteiger partial charge in [0.2, 0.25) is 0 Å². The van der Waals surface area contributed by atoms with Crippen LogP contribution in [0.5, 0.6) is 0 Å². The number of likely N-dealkylation sites (tertiary alicyclic amines) is 2. The van der Waals surface area contributed by atoms with Crippen molar-refractivity contribution in [1.29, 1.82) is 0 Å². The van der Waals surface area contributed by atoms with Crippen LogP contribution in [0.1, 0.15) is 49.0 Å². The Bertz CT molecular complexity index is 609. The zero-order valence-corrected chi connectivity index (χ0v) is 16.0. The second-order valence-electron chi connectivity index (χ2n) is 8.12. The van der Waals surface area contributed by atoms with Crippen LogP contribution in [-0.2, 0) is 4.74 Å². The third-order valence-corrected chi connectivity index (χ3v) is 5.91. The molecule has 138 valence electrons. The molecule has 0 N–H and O–H groups in total. The van der Waals surface area contributed by atoms with Crippen molar-refractivity contribution >= 4 is 5.91 Å². The molecule has 1 aromatic rings. The van der Waals surface area contributed by atoms with E-state index in [1.165, 1.54) is 6.42 Å². The van der Waals surface area contributed by atoms with Gasteiger partial charge in [0.15, 0.2) is 0 Å². The lowest BCUT2D eigenvalue weighted by molar-refractivity contribution is 0.0581. The third kappa shape index (κ3) is 3.87. The number of piperidine rings is 1. The molecule has 0 saturated carbocycles. The Labute approximate surface area is 151 Å². The quantitative estimate of drug-likeness (QED) is 0.842. The topological polar surface area (TPSA) is 45.7 Å². The second kappa shape index (κ2) is 7.42. The molecule has 0 radical (unpaired) electrons. The van der Waals surface area contributed by atoms with Gasteiger partial charge in [0.1, 0.15) is 0 Å². The monoisotopic (exact) mass is 345 g/mol. The average Bonchev–Trinajstić information content (AvgIpc) is 2.94. The minimum Gasteiger partial charge on any atom is -0.383 e. The van der Waals surface area contributed by atoms with Gasteiger partial charge in [0.25, 0.3) is 5.91 Å². The van der Waals surface area contributed by atoms with Gasteiger partial charge in [-0.05, 0) is 57.1 Å². The summed E-state index contributed by atoms with van der Waals surface area (Å²) in [4.78, 5) is 21.5. The number of pyridine rings is 1. The van der Waals surface area contributed by atoms with Gasteiger partial charge < -0.3 is 9.64 Å². The largest absolute Gasteiger partial charge is 0.383 e. The number of nitrogens with zero attached hydrogens (tertiary/aromatic N) is 3. The fourth-order valence-corrected chi connectivity index (χ4v) is 4.55. The van der Waals surface area contributed by atoms with Crippen molar-refractivity contribution in [3.05, 3.63) is 29.6 Å². The summed E-state index contributed by atoms with van der Waals surface area (Å²) in [5, 5.41) is 0. The first-order valence-electron chi connectivity index (χ1n) is 9.40. The van der Waals surface area contributed by atoms with Crippen molar-refractivity contribution in [3.8, 4) is 0 Å². The van der Waals surface area contributed by atoms with E-state index < -0.39 is 0 Å². The van der Waals surface area contributed by atoms with Gasteiger partial charge in [-0.25, -0.2) is 0 Å². The molecule has 2 saturated heterocycles. The van der Waals surface area contributed by atoms with E-state index in [-0.39, 0.29) is 5.91 Å².